The van der Waals surface area contributed by atoms with Gasteiger partial charge in [0, 0.05) is 10.7 Å². The fourth-order valence-electron chi connectivity index (χ4n) is 2.34. The molecule has 0 bridgehead atoms. The number of nitrogens with zero attached hydrogens (tertiary/aromatic N) is 1. The van der Waals surface area contributed by atoms with Crippen molar-refractivity contribution in [3.63, 3.8) is 0 Å². The number of hydrogen-bond donors (Lipinski definition) is 2. The van der Waals surface area contributed by atoms with Crippen molar-refractivity contribution in [3.8, 4) is 0 Å². The second-order valence-corrected chi connectivity index (χ2v) is 8.04. The molecule has 0 saturated carbocycles. The van der Waals surface area contributed by atoms with Gasteiger partial charge in [-0.2, -0.15) is 0 Å². The molecular formula is C19H18ClN3O2S. The van der Waals surface area contributed by atoms with Crippen LogP contribution >= 0.6 is 11.6 Å². The number of halogens is 1. The number of anilines is 3. The van der Waals surface area contributed by atoms with Gasteiger partial charge in [-0.1, -0.05) is 23.7 Å². The topological polar surface area (TPSA) is 71.1 Å². The molecule has 0 aliphatic rings. The smallest absolute Gasteiger partial charge is 0.261 e. The van der Waals surface area contributed by atoms with E-state index >= 15 is 0 Å². The first-order chi connectivity index (χ1) is 12.3. The average molecular weight is 388 g/mol. The van der Waals surface area contributed by atoms with Gasteiger partial charge in [-0.3, -0.25) is 4.72 Å². The van der Waals surface area contributed by atoms with E-state index in [1.807, 2.05) is 26.0 Å². The average Bonchev–Trinajstić information content (AvgIpc) is 2.59. The van der Waals surface area contributed by atoms with E-state index in [4.69, 9.17) is 11.6 Å². The van der Waals surface area contributed by atoms with E-state index in [0.29, 0.717) is 16.5 Å². The van der Waals surface area contributed by atoms with Gasteiger partial charge in [0.05, 0.1) is 16.8 Å². The number of benzene rings is 2. The third-order valence-corrected chi connectivity index (χ3v) is 5.52. The number of aromatic nitrogens is 1. The van der Waals surface area contributed by atoms with Crippen LogP contribution in [-0.2, 0) is 10.0 Å². The molecule has 0 radical (unpaired) electrons. The van der Waals surface area contributed by atoms with Crippen LogP contribution in [0.4, 0.5) is 17.2 Å². The van der Waals surface area contributed by atoms with Gasteiger partial charge in [0.1, 0.15) is 5.82 Å². The van der Waals surface area contributed by atoms with Gasteiger partial charge >= 0.3 is 0 Å². The second-order valence-electron chi connectivity index (χ2n) is 5.92. The van der Waals surface area contributed by atoms with E-state index in [1.54, 1.807) is 42.5 Å². The maximum Gasteiger partial charge on any atom is 0.261 e. The highest BCUT2D eigenvalue weighted by Crippen LogP contribution is 2.21. The fourth-order valence-corrected chi connectivity index (χ4v) is 3.66. The Kier molecular flexibility index (Phi) is 5.15. The molecule has 0 aliphatic heterocycles. The van der Waals surface area contributed by atoms with E-state index in [0.717, 1.165) is 16.8 Å². The van der Waals surface area contributed by atoms with Gasteiger partial charge in [-0.25, -0.2) is 13.4 Å². The van der Waals surface area contributed by atoms with E-state index in [1.165, 1.54) is 6.20 Å². The highest BCUT2D eigenvalue weighted by molar-refractivity contribution is 7.92. The molecule has 26 heavy (non-hydrogen) atoms. The molecule has 2 N–H and O–H groups in total. The highest BCUT2D eigenvalue weighted by Gasteiger charge is 2.15. The van der Waals surface area contributed by atoms with E-state index in [-0.39, 0.29) is 4.90 Å². The SMILES string of the molecule is Cc1ccc(S(=O)(=O)Nc2ccc(Nc3cccc(Cl)c3)nc2)cc1C. The van der Waals surface area contributed by atoms with Crippen LogP contribution in [0.2, 0.25) is 5.02 Å². The van der Waals surface area contributed by atoms with Gasteiger partial charge in [0.25, 0.3) is 10.0 Å². The summed E-state index contributed by atoms with van der Waals surface area (Å²) in [6.45, 7) is 3.82. The Morgan fingerprint density at radius 1 is 0.923 bits per heavy atom. The predicted octanol–water partition coefficient (Wildman–Crippen LogP) is 4.90. The molecule has 0 fully saturated rings. The predicted molar refractivity (Wildman–Crippen MR) is 106 cm³/mol. The summed E-state index contributed by atoms with van der Waals surface area (Å²) in [4.78, 5) is 4.46. The monoisotopic (exact) mass is 387 g/mol. The Labute approximate surface area is 158 Å². The van der Waals surface area contributed by atoms with Gasteiger partial charge in [-0.15, -0.1) is 0 Å². The maximum atomic E-state index is 12.5. The van der Waals surface area contributed by atoms with Crippen LogP contribution in [0.15, 0.2) is 65.7 Å². The van der Waals surface area contributed by atoms with Gasteiger partial charge < -0.3 is 5.32 Å². The summed E-state index contributed by atoms with van der Waals surface area (Å²) in [7, 11) is -3.66. The Hall–Kier alpha value is -2.57. The minimum absolute atomic E-state index is 0.224. The minimum atomic E-state index is -3.66. The molecule has 1 aromatic heterocycles. The van der Waals surface area contributed by atoms with Crippen molar-refractivity contribution < 1.29 is 8.42 Å². The molecule has 0 spiro atoms. The lowest BCUT2D eigenvalue weighted by Crippen LogP contribution is -2.13. The van der Waals surface area contributed by atoms with Crippen molar-refractivity contribution in [2.24, 2.45) is 0 Å². The van der Waals surface area contributed by atoms with Gasteiger partial charge in [0.15, 0.2) is 0 Å². The first kappa shape index (κ1) is 18.2. The van der Waals surface area contributed by atoms with Crippen molar-refractivity contribution in [3.05, 3.63) is 76.9 Å². The van der Waals surface area contributed by atoms with E-state index < -0.39 is 10.0 Å². The number of hydrogen-bond acceptors (Lipinski definition) is 4. The zero-order valence-corrected chi connectivity index (χ0v) is 15.9. The van der Waals surface area contributed by atoms with Crippen LogP contribution in [0.3, 0.4) is 0 Å². The molecule has 3 aromatic rings. The van der Waals surface area contributed by atoms with Crippen molar-refractivity contribution in [1.29, 1.82) is 0 Å². The molecule has 0 unspecified atom stereocenters. The lowest BCUT2D eigenvalue weighted by atomic mass is 10.1. The first-order valence-corrected chi connectivity index (χ1v) is 9.78. The third kappa shape index (κ3) is 4.33. The number of rotatable bonds is 5. The number of sulfonamides is 1. The Morgan fingerprint density at radius 3 is 2.38 bits per heavy atom. The normalized spacial score (nSPS) is 11.2. The molecule has 134 valence electrons. The first-order valence-electron chi connectivity index (χ1n) is 7.92. The molecular weight excluding hydrogens is 370 g/mol. The van der Waals surface area contributed by atoms with Crippen LogP contribution in [0.25, 0.3) is 0 Å². The van der Waals surface area contributed by atoms with E-state index in [9.17, 15) is 8.42 Å². The van der Waals surface area contributed by atoms with Crippen LogP contribution in [-0.4, -0.2) is 13.4 Å². The number of pyridine rings is 1. The quantitative estimate of drug-likeness (QED) is 0.653. The van der Waals surface area contributed by atoms with Crippen molar-refractivity contribution in [1.82, 2.24) is 4.98 Å². The molecule has 1 heterocycles. The molecule has 0 saturated heterocycles. The van der Waals surface area contributed by atoms with E-state index in [2.05, 4.69) is 15.0 Å². The largest absolute Gasteiger partial charge is 0.340 e. The minimum Gasteiger partial charge on any atom is -0.340 e. The maximum absolute atomic E-state index is 12.5. The van der Waals surface area contributed by atoms with Crippen molar-refractivity contribution in [2.75, 3.05) is 10.0 Å². The number of aryl methyl sites for hydroxylation is 2. The lowest BCUT2D eigenvalue weighted by molar-refractivity contribution is 0.601. The molecule has 3 rings (SSSR count). The summed E-state index contributed by atoms with van der Waals surface area (Å²) in [5.74, 6) is 0.585. The zero-order chi connectivity index (χ0) is 18.7. The zero-order valence-electron chi connectivity index (χ0n) is 14.3. The van der Waals surface area contributed by atoms with Crippen LogP contribution in [0.1, 0.15) is 11.1 Å². The summed E-state index contributed by atoms with van der Waals surface area (Å²) >= 11 is 5.95. The van der Waals surface area contributed by atoms with Crippen molar-refractivity contribution in [2.45, 2.75) is 18.7 Å². The summed E-state index contributed by atoms with van der Waals surface area (Å²) in [5, 5.41) is 3.73. The number of nitrogens with one attached hydrogen (secondary N) is 2. The third-order valence-electron chi connectivity index (χ3n) is 3.90. The molecule has 0 aliphatic carbocycles. The van der Waals surface area contributed by atoms with Crippen LogP contribution in [0.5, 0.6) is 0 Å². The summed E-state index contributed by atoms with van der Waals surface area (Å²) in [6, 6.07) is 15.6. The Bertz CT molecular complexity index is 1030. The van der Waals surface area contributed by atoms with Crippen molar-refractivity contribution >= 4 is 38.8 Å². The summed E-state index contributed by atoms with van der Waals surface area (Å²) < 4.78 is 27.6. The Morgan fingerprint density at radius 2 is 1.73 bits per heavy atom. The Balaban J connectivity index is 1.75. The lowest BCUT2D eigenvalue weighted by Gasteiger charge is -2.11. The summed E-state index contributed by atoms with van der Waals surface area (Å²) in [6.07, 6.45) is 1.46. The van der Waals surface area contributed by atoms with Crippen LogP contribution < -0.4 is 10.0 Å². The highest BCUT2D eigenvalue weighted by atomic mass is 35.5. The molecule has 0 amide bonds. The van der Waals surface area contributed by atoms with Gasteiger partial charge in [-0.05, 0) is 67.4 Å². The van der Waals surface area contributed by atoms with Gasteiger partial charge in [0.2, 0.25) is 0 Å². The molecule has 0 atom stereocenters. The summed E-state index contributed by atoms with van der Waals surface area (Å²) in [5.41, 5.74) is 3.16. The fraction of sp³-hybridized carbons (Fsp3) is 0.105. The molecule has 2 aromatic carbocycles. The van der Waals surface area contributed by atoms with Crippen LogP contribution in [0, 0.1) is 13.8 Å². The molecule has 5 nitrogen and oxygen atoms in total. The molecule has 7 heteroatoms. The second kappa shape index (κ2) is 7.35. The standard InChI is InChI=1S/C19H18ClN3O2S/c1-13-6-8-18(10-14(13)2)26(24,25)23-17-7-9-19(21-12-17)22-16-5-3-4-15(20)11-16/h3-12,23H,1-2H3,(H,21,22).